The summed E-state index contributed by atoms with van der Waals surface area (Å²) >= 11 is 3.42. The van der Waals surface area contributed by atoms with Gasteiger partial charge in [-0.3, -0.25) is 4.79 Å². The highest BCUT2D eigenvalue weighted by molar-refractivity contribution is 9.10. The van der Waals surface area contributed by atoms with Crippen LogP contribution in [0.2, 0.25) is 0 Å². The van der Waals surface area contributed by atoms with Crippen LogP contribution >= 0.6 is 15.9 Å². The number of ether oxygens (including phenoxy) is 1. The Kier molecular flexibility index (Phi) is 6.97. The summed E-state index contributed by atoms with van der Waals surface area (Å²) in [7, 11) is -3.46. The summed E-state index contributed by atoms with van der Waals surface area (Å²) in [6.45, 7) is 4.67. The Morgan fingerprint density at radius 3 is 2.59 bits per heavy atom. The Labute approximate surface area is 180 Å². The first-order valence-electron chi connectivity index (χ1n) is 9.56. The average Bonchev–Trinajstić information content (AvgIpc) is 3.22. The number of hydrogen-bond acceptors (Lipinski definition) is 4. The van der Waals surface area contributed by atoms with Crippen LogP contribution in [0.25, 0.3) is 0 Å². The van der Waals surface area contributed by atoms with Crippen LogP contribution in [0.15, 0.2) is 51.8 Å². The van der Waals surface area contributed by atoms with Crippen molar-refractivity contribution in [1.29, 1.82) is 0 Å². The van der Waals surface area contributed by atoms with Crippen molar-refractivity contribution in [3.63, 3.8) is 0 Å². The second-order valence-electron chi connectivity index (χ2n) is 7.17. The zero-order valence-electron chi connectivity index (χ0n) is 16.5. The molecule has 156 valence electrons. The van der Waals surface area contributed by atoms with Crippen LogP contribution in [0, 0.1) is 6.92 Å². The van der Waals surface area contributed by atoms with E-state index in [1.165, 1.54) is 10.4 Å². The number of aryl methyl sites for hydroxylation is 1. The van der Waals surface area contributed by atoms with Gasteiger partial charge in [0.2, 0.25) is 10.0 Å². The molecule has 6 nitrogen and oxygen atoms in total. The standard InChI is InChI=1S/C21H25BrN2O4S/c1-15-12-19(29(26,27)24-10-3-4-11-24)8-9-20(15)28-14-21(25)23-16(2)17-6-5-7-18(22)13-17/h5-9,12-13,16H,3-4,10-11,14H2,1-2H3,(H,23,25). The van der Waals surface area contributed by atoms with Crippen LogP contribution in [0.4, 0.5) is 0 Å². The third-order valence-corrected chi connectivity index (χ3v) is 7.32. The minimum Gasteiger partial charge on any atom is -0.484 e. The molecule has 0 aromatic heterocycles. The predicted octanol–water partition coefficient (Wildman–Crippen LogP) is 3.80. The molecule has 1 heterocycles. The number of sulfonamides is 1. The molecule has 1 aliphatic rings. The number of halogens is 1. The monoisotopic (exact) mass is 480 g/mol. The first-order valence-corrected chi connectivity index (χ1v) is 11.8. The van der Waals surface area contributed by atoms with Crippen molar-refractivity contribution in [3.05, 3.63) is 58.1 Å². The van der Waals surface area contributed by atoms with Gasteiger partial charge in [-0.25, -0.2) is 8.42 Å². The Balaban J connectivity index is 1.60. The summed E-state index contributed by atoms with van der Waals surface area (Å²) < 4.78 is 33.4. The van der Waals surface area contributed by atoms with Gasteiger partial charge in [0.15, 0.2) is 6.61 Å². The second kappa shape index (κ2) is 9.28. The molecule has 0 bridgehead atoms. The molecule has 1 aliphatic heterocycles. The van der Waals surface area contributed by atoms with E-state index >= 15 is 0 Å². The van der Waals surface area contributed by atoms with Crippen molar-refractivity contribution in [2.24, 2.45) is 0 Å². The van der Waals surface area contributed by atoms with Crippen molar-refractivity contribution in [2.75, 3.05) is 19.7 Å². The van der Waals surface area contributed by atoms with Crippen LogP contribution in [0.3, 0.4) is 0 Å². The van der Waals surface area contributed by atoms with Gasteiger partial charge in [0.05, 0.1) is 10.9 Å². The molecule has 1 fully saturated rings. The third-order valence-electron chi connectivity index (χ3n) is 4.93. The molecule has 2 aromatic rings. The molecule has 0 aliphatic carbocycles. The lowest BCUT2D eigenvalue weighted by Gasteiger charge is -2.17. The summed E-state index contributed by atoms with van der Waals surface area (Å²) in [4.78, 5) is 12.5. The van der Waals surface area contributed by atoms with E-state index < -0.39 is 10.0 Å². The molecule has 1 atom stereocenters. The number of carbonyl (C=O) groups excluding carboxylic acids is 1. The molecule has 1 unspecified atom stereocenters. The summed E-state index contributed by atoms with van der Waals surface area (Å²) in [5.74, 6) is 0.251. The lowest BCUT2D eigenvalue weighted by molar-refractivity contribution is -0.123. The molecule has 0 saturated carbocycles. The molecule has 8 heteroatoms. The van der Waals surface area contributed by atoms with Crippen LogP contribution in [0.5, 0.6) is 5.75 Å². The molecular formula is C21H25BrN2O4S. The van der Waals surface area contributed by atoms with Gasteiger partial charge in [0, 0.05) is 17.6 Å². The van der Waals surface area contributed by atoms with Gasteiger partial charge >= 0.3 is 0 Å². The van der Waals surface area contributed by atoms with E-state index in [0.717, 1.165) is 22.9 Å². The van der Waals surface area contributed by atoms with Crippen molar-refractivity contribution in [3.8, 4) is 5.75 Å². The van der Waals surface area contributed by atoms with Crippen LogP contribution in [-0.4, -0.2) is 38.3 Å². The molecule has 0 spiro atoms. The normalized spacial score (nSPS) is 15.8. The van der Waals surface area contributed by atoms with Gasteiger partial charge in [0.25, 0.3) is 5.91 Å². The molecule has 0 radical (unpaired) electrons. The Hall–Kier alpha value is -1.90. The lowest BCUT2D eigenvalue weighted by Crippen LogP contribution is -2.31. The molecular weight excluding hydrogens is 456 g/mol. The quantitative estimate of drug-likeness (QED) is 0.653. The van der Waals surface area contributed by atoms with Gasteiger partial charge in [-0.1, -0.05) is 28.1 Å². The van der Waals surface area contributed by atoms with Crippen LogP contribution < -0.4 is 10.1 Å². The van der Waals surface area contributed by atoms with Crippen LogP contribution in [0.1, 0.15) is 36.9 Å². The SMILES string of the molecule is Cc1cc(S(=O)(=O)N2CCCC2)ccc1OCC(=O)NC(C)c1cccc(Br)c1. The molecule has 1 N–H and O–H groups in total. The summed E-state index contributed by atoms with van der Waals surface area (Å²) in [6.07, 6.45) is 1.79. The smallest absolute Gasteiger partial charge is 0.258 e. The van der Waals surface area contributed by atoms with E-state index in [9.17, 15) is 13.2 Å². The first kappa shape index (κ1) is 21.8. The fourth-order valence-electron chi connectivity index (χ4n) is 3.31. The zero-order valence-corrected chi connectivity index (χ0v) is 18.9. The first-order chi connectivity index (χ1) is 13.8. The summed E-state index contributed by atoms with van der Waals surface area (Å²) in [5.41, 5.74) is 1.67. The van der Waals surface area contributed by atoms with E-state index in [1.54, 1.807) is 19.1 Å². The molecule has 29 heavy (non-hydrogen) atoms. The van der Waals surface area contributed by atoms with Crippen LogP contribution in [-0.2, 0) is 14.8 Å². The van der Waals surface area contributed by atoms with Gasteiger partial charge in [0.1, 0.15) is 5.75 Å². The molecule has 2 aromatic carbocycles. The molecule has 1 amide bonds. The Bertz CT molecular complexity index is 988. The topological polar surface area (TPSA) is 75.7 Å². The highest BCUT2D eigenvalue weighted by Gasteiger charge is 2.27. The van der Waals surface area contributed by atoms with E-state index in [4.69, 9.17) is 4.74 Å². The fourth-order valence-corrected chi connectivity index (χ4v) is 5.33. The number of nitrogens with zero attached hydrogens (tertiary/aromatic N) is 1. The number of benzene rings is 2. The zero-order chi connectivity index (χ0) is 21.0. The van der Waals surface area contributed by atoms with E-state index in [-0.39, 0.29) is 23.5 Å². The highest BCUT2D eigenvalue weighted by atomic mass is 79.9. The lowest BCUT2D eigenvalue weighted by atomic mass is 10.1. The van der Waals surface area contributed by atoms with Crippen molar-refractivity contribution in [1.82, 2.24) is 9.62 Å². The maximum atomic E-state index is 12.7. The Morgan fingerprint density at radius 2 is 1.93 bits per heavy atom. The Morgan fingerprint density at radius 1 is 1.21 bits per heavy atom. The number of carbonyl (C=O) groups is 1. The highest BCUT2D eigenvalue weighted by Crippen LogP contribution is 2.26. The van der Waals surface area contributed by atoms with Gasteiger partial charge in [-0.15, -0.1) is 0 Å². The van der Waals surface area contributed by atoms with Gasteiger partial charge in [-0.05, 0) is 68.1 Å². The maximum absolute atomic E-state index is 12.7. The number of nitrogens with one attached hydrogen (secondary N) is 1. The summed E-state index contributed by atoms with van der Waals surface area (Å²) in [6, 6.07) is 12.3. The van der Waals surface area contributed by atoms with Crippen molar-refractivity contribution < 1.29 is 17.9 Å². The average molecular weight is 481 g/mol. The number of rotatable bonds is 7. The number of hydrogen-bond donors (Lipinski definition) is 1. The minimum absolute atomic E-state index is 0.141. The minimum atomic E-state index is -3.46. The predicted molar refractivity (Wildman–Crippen MR) is 115 cm³/mol. The number of amides is 1. The third kappa shape index (κ3) is 5.38. The maximum Gasteiger partial charge on any atom is 0.258 e. The second-order valence-corrected chi connectivity index (χ2v) is 10.0. The summed E-state index contributed by atoms with van der Waals surface area (Å²) in [5, 5.41) is 2.90. The fraction of sp³-hybridized carbons (Fsp3) is 0.381. The van der Waals surface area contributed by atoms with E-state index in [1.807, 2.05) is 31.2 Å². The van der Waals surface area contributed by atoms with Crippen molar-refractivity contribution >= 4 is 31.9 Å². The van der Waals surface area contributed by atoms with Gasteiger partial charge in [-0.2, -0.15) is 4.31 Å². The molecule has 1 saturated heterocycles. The van der Waals surface area contributed by atoms with E-state index in [0.29, 0.717) is 24.4 Å². The molecule has 3 rings (SSSR count). The van der Waals surface area contributed by atoms with Gasteiger partial charge < -0.3 is 10.1 Å². The largest absolute Gasteiger partial charge is 0.484 e. The van der Waals surface area contributed by atoms with Crippen molar-refractivity contribution in [2.45, 2.75) is 37.6 Å². The van der Waals surface area contributed by atoms with E-state index in [2.05, 4.69) is 21.2 Å².